The number of hydrogen-bond acceptors (Lipinski definition) is 6. The molecule has 2 heterocycles. The molecule has 0 fully saturated rings. The molecule has 0 saturated heterocycles. The molecular formula is C13H15N5OS2. The minimum atomic E-state index is -1.22. The predicted octanol–water partition coefficient (Wildman–Crippen LogP) is 2.19. The molecule has 1 atom stereocenters. The Labute approximate surface area is 128 Å². The normalized spacial score (nSPS) is 12.8. The fourth-order valence-corrected chi connectivity index (χ4v) is 4.34. The number of aromatic nitrogens is 4. The molecule has 0 radical (unpaired) electrons. The lowest BCUT2D eigenvalue weighted by Gasteiger charge is -2.02. The van der Waals surface area contributed by atoms with E-state index in [9.17, 15) is 4.21 Å². The minimum absolute atomic E-state index is 0.329. The van der Waals surface area contributed by atoms with Crippen molar-refractivity contribution in [2.24, 2.45) is 0 Å². The first-order valence-electron chi connectivity index (χ1n) is 6.58. The molecule has 1 aromatic carbocycles. The first kappa shape index (κ1) is 14.2. The van der Waals surface area contributed by atoms with Crippen molar-refractivity contribution in [2.45, 2.75) is 30.0 Å². The molecule has 110 valence electrons. The molecule has 0 aliphatic carbocycles. The van der Waals surface area contributed by atoms with Crippen LogP contribution in [-0.4, -0.2) is 24.0 Å². The summed E-state index contributed by atoms with van der Waals surface area (Å²) in [4.78, 5) is 8.60. The zero-order valence-corrected chi connectivity index (χ0v) is 13.2. The van der Waals surface area contributed by atoms with Gasteiger partial charge in [0.05, 0.1) is 26.8 Å². The van der Waals surface area contributed by atoms with Crippen LogP contribution in [0, 0.1) is 0 Å². The van der Waals surface area contributed by atoms with Crippen molar-refractivity contribution in [3.8, 4) is 0 Å². The molecule has 0 aliphatic rings. The number of fused-ring (bicyclic) bond motifs is 1. The molecule has 0 spiro atoms. The van der Waals surface area contributed by atoms with E-state index in [1.807, 2.05) is 12.1 Å². The van der Waals surface area contributed by atoms with E-state index in [0.29, 0.717) is 15.8 Å². The number of rotatable bonds is 5. The molecular weight excluding hydrogens is 306 g/mol. The number of thiazole rings is 1. The minimum Gasteiger partial charge on any atom is -0.399 e. The van der Waals surface area contributed by atoms with Gasteiger partial charge in [-0.25, -0.2) is 14.6 Å². The van der Waals surface area contributed by atoms with E-state index in [1.165, 1.54) is 17.7 Å². The van der Waals surface area contributed by atoms with Gasteiger partial charge in [0.2, 0.25) is 0 Å². The van der Waals surface area contributed by atoms with E-state index in [2.05, 4.69) is 22.0 Å². The Morgan fingerprint density at radius 3 is 3.10 bits per heavy atom. The standard InChI is InChI=1S/C13H15N5OS2/c1-2-5-18-12(15-8-16-18)7-21(19)13-17-10-4-3-9(14)6-11(10)20-13/h3-4,6,8H,2,5,7,14H2,1H3. The van der Waals surface area contributed by atoms with Crippen molar-refractivity contribution >= 4 is 38.0 Å². The molecule has 21 heavy (non-hydrogen) atoms. The summed E-state index contributed by atoms with van der Waals surface area (Å²) in [6.45, 7) is 2.85. The molecule has 0 aliphatic heterocycles. The van der Waals surface area contributed by atoms with Gasteiger partial charge >= 0.3 is 0 Å². The van der Waals surface area contributed by atoms with Crippen LogP contribution in [0.3, 0.4) is 0 Å². The number of nitrogens with two attached hydrogens (primary N) is 1. The Hall–Kier alpha value is -1.80. The summed E-state index contributed by atoms with van der Waals surface area (Å²) >= 11 is 1.41. The lowest BCUT2D eigenvalue weighted by Crippen LogP contribution is -2.08. The summed E-state index contributed by atoms with van der Waals surface area (Å²) in [5, 5.41) is 4.14. The molecule has 1 unspecified atom stereocenters. The van der Waals surface area contributed by atoms with E-state index >= 15 is 0 Å². The Morgan fingerprint density at radius 1 is 1.43 bits per heavy atom. The quantitative estimate of drug-likeness (QED) is 0.728. The number of nitrogens with zero attached hydrogens (tertiary/aromatic N) is 4. The van der Waals surface area contributed by atoms with Gasteiger partial charge in [-0.15, -0.1) is 11.3 Å². The monoisotopic (exact) mass is 321 g/mol. The summed E-state index contributed by atoms with van der Waals surface area (Å²) in [5.74, 6) is 1.06. The third kappa shape index (κ3) is 2.96. The SMILES string of the molecule is CCCn1ncnc1CS(=O)c1nc2ccc(N)cc2s1. The zero-order valence-electron chi connectivity index (χ0n) is 11.5. The summed E-state index contributed by atoms with van der Waals surface area (Å²) in [5.41, 5.74) is 7.27. The molecule has 0 saturated carbocycles. The highest BCUT2D eigenvalue weighted by atomic mass is 32.2. The highest BCUT2D eigenvalue weighted by Gasteiger charge is 2.15. The summed E-state index contributed by atoms with van der Waals surface area (Å²) in [6.07, 6.45) is 2.46. The highest BCUT2D eigenvalue weighted by Crippen LogP contribution is 2.27. The molecule has 3 rings (SSSR count). The van der Waals surface area contributed by atoms with Gasteiger partial charge in [-0.3, -0.25) is 4.21 Å². The summed E-state index contributed by atoms with van der Waals surface area (Å²) in [7, 11) is -1.22. The maximum absolute atomic E-state index is 12.5. The number of anilines is 1. The maximum Gasteiger partial charge on any atom is 0.182 e. The van der Waals surface area contributed by atoms with Crippen LogP contribution in [0.1, 0.15) is 19.2 Å². The predicted molar refractivity (Wildman–Crippen MR) is 84.5 cm³/mol. The van der Waals surface area contributed by atoms with Crippen LogP contribution < -0.4 is 5.73 Å². The molecule has 8 heteroatoms. The topological polar surface area (TPSA) is 86.7 Å². The van der Waals surface area contributed by atoms with Crippen LogP contribution in [0.2, 0.25) is 0 Å². The first-order chi connectivity index (χ1) is 10.2. The van der Waals surface area contributed by atoms with Crippen LogP contribution in [0.15, 0.2) is 28.9 Å². The fraction of sp³-hybridized carbons (Fsp3) is 0.308. The number of aryl methyl sites for hydroxylation is 1. The van der Waals surface area contributed by atoms with E-state index in [4.69, 9.17) is 5.73 Å². The smallest absolute Gasteiger partial charge is 0.182 e. The second-order valence-electron chi connectivity index (χ2n) is 4.60. The van der Waals surface area contributed by atoms with Crippen molar-refractivity contribution in [3.63, 3.8) is 0 Å². The fourth-order valence-electron chi connectivity index (χ4n) is 1.99. The Morgan fingerprint density at radius 2 is 2.29 bits per heavy atom. The second kappa shape index (κ2) is 5.90. The average molecular weight is 321 g/mol. The van der Waals surface area contributed by atoms with Gasteiger partial charge < -0.3 is 5.73 Å². The third-order valence-corrected chi connectivity index (χ3v) is 5.60. The molecule has 3 aromatic rings. The first-order valence-corrected chi connectivity index (χ1v) is 8.72. The summed E-state index contributed by atoms with van der Waals surface area (Å²) < 4.78 is 15.8. The second-order valence-corrected chi connectivity index (χ2v) is 7.25. The van der Waals surface area contributed by atoms with Crippen molar-refractivity contribution in [2.75, 3.05) is 5.73 Å². The lowest BCUT2D eigenvalue weighted by molar-refractivity contribution is 0.579. The number of benzene rings is 1. The van der Waals surface area contributed by atoms with Crippen LogP contribution in [0.4, 0.5) is 5.69 Å². The van der Waals surface area contributed by atoms with E-state index in [0.717, 1.165) is 29.0 Å². The van der Waals surface area contributed by atoms with Gasteiger partial charge in [0.15, 0.2) is 4.34 Å². The van der Waals surface area contributed by atoms with Crippen molar-refractivity contribution in [1.82, 2.24) is 19.7 Å². The van der Waals surface area contributed by atoms with Gasteiger partial charge in [-0.05, 0) is 24.6 Å². The molecule has 0 amide bonds. The van der Waals surface area contributed by atoms with Crippen LogP contribution >= 0.6 is 11.3 Å². The zero-order chi connectivity index (χ0) is 14.8. The largest absolute Gasteiger partial charge is 0.399 e. The van der Waals surface area contributed by atoms with Crippen molar-refractivity contribution in [3.05, 3.63) is 30.4 Å². The lowest BCUT2D eigenvalue weighted by atomic mass is 10.3. The molecule has 2 aromatic heterocycles. The van der Waals surface area contributed by atoms with Crippen LogP contribution in [0.25, 0.3) is 10.2 Å². The maximum atomic E-state index is 12.5. The van der Waals surface area contributed by atoms with E-state index < -0.39 is 10.8 Å². The molecule has 6 nitrogen and oxygen atoms in total. The van der Waals surface area contributed by atoms with Crippen molar-refractivity contribution in [1.29, 1.82) is 0 Å². The molecule has 2 N–H and O–H groups in total. The summed E-state index contributed by atoms with van der Waals surface area (Å²) in [6, 6.07) is 5.50. The van der Waals surface area contributed by atoms with Gasteiger partial charge in [0, 0.05) is 12.2 Å². The van der Waals surface area contributed by atoms with Gasteiger partial charge in [0.1, 0.15) is 12.2 Å². The van der Waals surface area contributed by atoms with Gasteiger partial charge in [-0.1, -0.05) is 6.92 Å². The van der Waals surface area contributed by atoms with E-state index in [1.54, 1.807) is 10.7 Å². The van der Waals surface area contributed by atoms with Crippen LogP contribution in [-0.2, 0) is 23.1 Å². The molecule has 0 bridgehead atoms. The number of nitrogen functional groups attached to an aromatic ring is 1. The average Bonchev–Trinajstić information content (AvgIpc) is 3.06. The number of hydrogen-bond donors (Lipinski definition) is 1. The van der Waals surface area contributed by atoms with E-state index in [-0.39, 0.29) is 0 Å². The highest BCUT2D eigenvalue weighted by molar-refractivity contribution is 7.86. The third-order valence-electron chi connectivity index (χ3n) is 2.98. The van der Waals surface area contributed by atoms with Crippen molar-refractivity contribution < 1.29 is 4.21 Å². The van der Waals surface area contributed by atoms with Crippen LogP contribution in [0.5, 0.6) is 0 Å². The van der Waals surface area contributed by atoms with Gasteiger partial charge in [-0.2, -0.15) is 5.10 Å². The Kier molecular flexibility index (Phi) is 3.98. The Balaban J connectivity index is 1.84. The van der Waals surface area contributed by atoms with Gasteiger partial charge in [0.25, 0.3) is 0 Å². The Bertz CT molecular complexity index is 795.